The Kier molecular flexibility index (Phi) is 4.76. The summed E-state index contributed by atoms with van der Waals surface area (Å²) in [4.78, 5) is 20.7. The first-order chi connectivity index (χ1) is 11.9. The van der Waals surface area contributed by atoms with Gasteiger partial charge in [-0.05, 0) is 43.2 Å². The minimum atomic E-state index is -0.832. The van der Waals surface area contributed by atoms with Crippen LogP contribution in [-0.4, -0.2) is 23.2 Å². The van der Waals surface area contributed by atoms with Crippen molar-refractivity contribution in [2.24, 2.45) is 4.99 Å². The van der Waals surface area contributed by atoms with E-state index >= 15 is 0 Å². The molecule has 0 fully saturated rings. The number of thioether (sulfide) groups is 1. The maximum Gasteiger partial charge on any atom is 0.269 e. The zero-order valence-electron chi connectivity index (χ0n) is 14.1. The highest BCUT2D eigenvalue weighted by atomic mass is 32.2. The Morgan fingerprint density at radius 2 is 2.00 bits per heavy atom. The summed E-state index contributed by atoms with van der Waals surface area (Å²) in [5.41, 5.74) is 1.70. The number of hydrogen-bond acceptors (Lipinski definition) is 5. The molecule has 0 saturated carbocycles. The molecule has 1 aliphatic heterocycles. The van der Waals surface area contributed by atoms with Crippen molar-refractivity contribution in [3.8, 4) is 5.88 Å². The smallest absolute Gasteiger partial charge is 0.269 e. The fourth-order valence-corrected chi connectivity index (χ4v) is 3.67. The number of aliphatic imine (C=N–C) groups is 1. The van der Waals surface area contributed by atoms with Crippen LogP contribution in [0.25, 0.3) is 0 Å². The van der Waals surface area contributed by atoms with E-state index in [4.69, 9.17) is 4.74 Å². The lowest BCUT2D eigenvalue weighted by molar-refractivity contribution is -0.119. The first-order valence-corrected chi connectivity index (χ1v) is 8.58. The van der Waals surface area contributed by atoms with Crippen LogP contribution in [0.5, 0.6) is 5.88 Å². The van der Waals surface area contributed by atoms with E-state index in [1.54, 1.807) is 30.5 Å². The quantitative estimate of drug-likeness (QED) is 0.906. The van der Waals surface area contributed by atoms with E-state index < -0.39 is 4.75 Å². The molecule has 1 amide bonds. The number of carbonyl (C=O) groups excluding carboxylic acids is 1. The lowest BCUT2D eigenvalue weighted by atomic mass is 10.0. The van der Waals surface area contributed by atoms with Gasteiger partial charge in [0.05, 0.1) is 13.2 Å². The second kappa shape index (κ2) is 6.84. The highest BCUT2D eigenvalue weighted by Crippen LogP contribution is 2.43. The molecule has 2 aromatic rings. The third kappa shape index (κ3) is 3.51. The fraction of sp³-hybridized carbons (Fsp3) is 0.278. The molecule has 1 aliphatic rings. The van der Waals surface area contributed by atoms with Gasteiger partial charge in [-0.1, -0.05) is 23.9 Å². The number of pyridine rings is 1. The van der Waals surface area contributed by atoms with E-state index in [-0.39, 0.29) is 17.8 Å². The topological polar surface area (TPSA) is 63.6 Å². The number of hydrogen-bond donors (Lipinski definition) is 1. The first kappa shape index (κ1) is 17.4. The Balaban J connectivity index is 1.76. The molecule has 0 spiro atoms. The number of amides is 1. The molecule has 25 heavy (non-hydrogen) atoms. The average Bonchev–Trinajstić information content (AvgIpc) is 2.90. The largest absolute Gasteiger partial charge is 0.481 e. The van der Waals surface area contributed by atoms with Gasteiger partial charge in [-0.25, -0.2) is 9.37 Å². The number of amidine groups is 1. The monoisotopic (exact) mass is 359 g/mol. The van der Waals surface area contributed by atoms with Crippen molar-refractivity contribution in [1.29, 1.82) is 0 Å². The van der Waals surface area contributed by atoms with Gasteiger partial charge < -0.3 is 10.1 Å². The van der Waals surface area contributed by atoms with Crippen molar-refractivity contribution < 1.29 is 13.9 Å². The molecule has 0 aliphatic carbocycles. The van der Waals surface area contributed by atoms with Crippen molar-refractivity contribution in [1.82, 2.24) is 10.3 Å². The molecular formula is C18H18FN3O2S. The van der Waals surface area contributed by atoms with Crippen LogP contribution in [0.2, 0.25) is 0 Å². The summed E-state index contributed by atoms with van der Waals surface area (Å²) < 4.78 is 17.4. The van der Waals surface area contributed by atoms with E-state index in [0.29, 0.717) is 11.0 Å². The molecule has 2 heterocycles. The number of aromatic nitrogens is 1. The lowest BCUT2D eigenvalue weighted by Gasteiger charge is -2.22. The summed E-state index contributed by atoms with van der Waals surface area (Å²) in [6, 6.07) is 9.67. The summed E-state index contributed by atoms with van der Waals surface area (Å²) in [6.45, 7) is 3.77. The Labute approximate surface area is 149 Å². The zero-order chi connectivity index (χ0) is 18.0. The van der Waals surface area contributed by atoms with E-state index in [0.717, 1.165) is 11.1 Å². The van der Waals surface area contributed by atoms with Gasteiger partial charge in [0.1, 0.15) is 10.6 Å². The van der Waals surface area contributed by atoms with Gasteiger partial charge in [0, 0.05) is 12.3 Å². The van der Waals surface area contributed by atoms with E-state index in [1.807, 2.05) is 13.8 Å². The maximum atomic E-state index is 13.0. The first-order valence-electron chi connectivity index (χ1n) is 7.77. The lowest BCUT2D eigenvalue weighted by Crippen LogP contribution is -2.26. The molecule has 5 nitrogen and oxygen atoms in total. The predicted octanol–water partition coefficient (Wildman–Crippen LogP) is 3.42. The van der Waals surface area contributed by atoms with E-state index in [1.165, 1.54) is 31.0 Å². The molecule has 0 saturated heterocycles. The minimum Gasteiger partial charge on any atom is -0.481 e. The molecule has 2 atom stereocenters. The van der Waals surface area contributed by atoms with Crippen LogP contribution in [0.3, 0.4) is 0 Å². The summed E-state index contributed by atoms with van der Waals surface area (Å²) in [7, 11) is 1.53. The van der Waals surface area contributed by atoms with E-state index in [2.05, 4.69) is 15.3 Å². The second-order valence-corrected chi connectivity index (χ2v) is 7.27. The molecule has 130 valence electrons. The van der Waals surface area contributed by atoms with Crippen LogP contribution in [0.1, 0.15) is 31.0 Å². The molecule has 0 bridgehead atoms. The van der Waals surface area contributed by atoms with Crippen LogP contribution >= 0.6 is 11.8 Å². The Morgan fingerprint density at radius 1 is 1.28 bits per heavy atom. The van der Waals surface area contributed by atoms with Gasteiger partial charge in [0.15, 0.2) is 5.17 Å². The number of methoxy groups -OCH3 is 1. The van der Waals surface area contributed by atoms with Crippen LogP contribution in [0.4, 0.5) is 4.39 Å². The highest BCUT2D eigenvalue weighted by molar-refractivity contribution is 8.15. The zero-order valence-corrected chi connectivity index (χ0v) is 14.9. The summed E-state index contributed by atoms with van der Waals surface area (Å²) >= 11 is 1.35. The number of halogens is 1. The summed E-state index contributed by atoms with van der Waals surface area (Å²) in [5.74, 6) is -0.0642. The molecular weight excluding hydrogens is 341 g/mol. The molecule has 1 N–H and O–H groups in total. The van der Waals surface area contributed by atoms with Crippen molar-refractivity contribution in [2.45, 2.75) is 24.6 Å². The van der Waals surface area contributed by atoms with E-state index in [9.17, 15) is 9.18 Å². The average molecular weight is 359 g/mol. The van der Waals surface area contributed by atoms with Crippen LogP contribution in [0, 0.1) is 5.82 Å². The standard InChI is InChI=1S/C18H18FN3O2S/c1-11(12-4-6-14(19)7-5-12)21-17-22-16(23)18(2,25-17)13-8-9-20-15(10-13)24-3/h4-11H,1-3H3,(H,21,22,23)/t11-,18-/m0/s1. The van der Waals surface area contributed by atoms with Crippen LogP contribution < -0.4 is 10.1 Å². The normalized spacial score (nSPS) is 21.0. The molecule has 0 unspecified atom stereocenters. The predicted molar refractivity (Wildman–Crippen MR) is 96.1 cm³/mol. The maximum absolute atomic E-state index is 13.0. The Bertz CT molecular complexity index is 825. The number of nitrogens with zero attached hydrogens (tertiary/aromatic N) is 2. The molecule has 1 aromatic carbocycles. The third-order valence-corrected chi connectivity index (χ3v) is 5.34. The molecule has 0 radical (unpaired) electrons. The van der Waals surface area contributed by atoms with Crippen molar-refractivity contribution in [3.05, 3.63) is 59.5 Å². The van der Waals surface area contributed by atoms with Crippen LogP contribution in [-0.2, 0) is 9.54 Å². The minimum absolute atomic E-state index is 0.103. The van der Waals surface area contributed by atoms with Crippen molar-refractivity contribution in [3.63, 3.8) is 0 Å². The SMILES string of the molecule is COc1cc([C@]2(C)SC(N[C@@H](C)c3ccc(F)cc3)=NC2=O)ccn1. The number of carbonyl (C=O) groups is 1. The number of ether oxygens (including phenoxy) is 1. The van der Waals surface area contributed by atoms with Gasteiger partial charge >= 0.3 is 0 Å². The molecule has 7 heteroatoms. The Hall–Kier alpha value is -2.41. The van der Waals surface area contributed by atoms with Gasteiger partial charge in [-0.3, -0.25) is 4.79 Å². The summed E-state index contributed by atoms with van der Waals surface area (Å²) in [6.07, 6.45) is 1.61. The Morgan fingerprint density at radius 3 is 2.68 bits per heavy atom. The van der Waals surface area contributed by atoms with Gasteiger partial charge in [-0.15, -0.1) is 0 Å². The fourth-order valence-electron chi connectivity index (χ4n) is 2.54. The van der Waals surface area contributed by atoms with Crippen LogP contribution in [0.15, 0.2) is 47.6 Å². The van der Waals surface area contributed by atoms with Gasteiger partial charge in [0.25, 0.3) is 5.91 Å². The molecule has 3 rings (SSSR count). The second-order valence-electron chi connectivity index (χ2n) is 5.86. The van der Waals surface area contributed by atoms with Gasteiger partial charge in [-0.2, -0.15) is 4.99 Å². The number of rotatable bonds is 4. The number of benzene rings is 1. The van der Waals surface area contributed by atoms with Crippen molar-refractivity contribution >= 4 is 22.8 Å². The summed E-state index contributed by atoms with van der Waals surface area (Å²) in [5, 5.41) is 3.76. The molecule has 1 aromatic heterocycles. The number of nitrogens with one attached hydrogen (secondary N) is 1. The van der Waals surface area contributed by atoms with Crippen molar-refractivity contribution in [2.75, 3.05) is 7.11 Å². The third-order valence-electron chi connectivity index (χ3n) is 4.12. The highest BCUT2D eigenvalue weighted by Gasteiger charge is 2.43. The van der Waals surface area contributed by atoms with Gasteiger partial charge in [0.2, 0.25) is 5.88 Å².